The number of aromatic nitrogens is 2. The lowest BCUT2D eigenvalue weighted by Crippen LogP contribution is -1.92. The first-order valence-corrected chi connectivity index (χ1v) is 6.61. The second kappa shape index (κ2) is 4.41. The van der Waals surface area contributed by atoms with Crippen molar-refractivity contribution >= 4 is 22.4 Å². The Morgan fingerprint density at radius 2 is 2.21 bits per heavy atom. The highest BCUT2D eigenvalue weighted by Gasteiger charge is 2.15. The molecule has 0 unspecified atom stereocenters. The van der Waals surface area contributed by atoms with Crippen LogP contribution in [-0.4, -0.2) is 16.7 Å². The van der Waals surface area contributed by atoms with Crippen molar-refractivity contribution in [1.82, 2.24) is 9.55 Å². The predicted octanol–water partition coefficient (Wildman–Crippen LogP) is 3.18. The summed E-state index contributed by atoms with van der Waals surface area (Å²) in [6.45, 7) is 0. The molecule has 2 heterocycles. The van der Waals surface area contributed by atoms with E-state index >= 15 is 0 Å². The molecular formula is C14H11N3OS. The lowest BCUT2D eigenvalue weighted by Gasteiger charge is -2.03. The molecule has 0 bridgehead atoms. The van der Waals surface area contributed by atoms with Gasteiger partial charge in [-0.15, -0.1) is 11.3 Å². The Morgan fingerprint density at radius 3 is 2.95 bits per heavy atom. The molecule has 19 heavy (non-hydrogen) atoms. The maximum absolute atomic E-state index is 8.96. The summed E-state index contributed by atoms with van der Waals surface area (Å²) < 4.78 is 7.33. The minimum Gasteiger partial charge on any atom is -0.495 e. The van der Waals surface area contributed by atoms with Gasteiger partial charge in [-0.05, 0) is 29.6 Å². The maximum Gasteiger partial charge on any atom is 0.154 e. The average Bonchev–Trinajstić information content (AvgIpc) is 3.03. The second-order valence-electron chi connectivity index (χ2n) is 4.13. The van der Waals surface area contributed by atoms with Gasteiger partial charge in [-0.1, -0.05) is 0 Å². The molecule has 94 valence electrons. The molecule has 0 aliphatic carbocycles. The number of hydrogen-bond donors (Lipinski definition) is 0. The van der Waals surface area contributed by atoms with Crippen LogP contribution in [0, 0.1) is 11.3 Å². The van der Waals surface area contributed by atoms with E-state index in [-0.39, 0.29) is 0 Å². The molecule has 0 saturated heterocycles. The largest absolute Gasteiger partial charge is 0.495 e. The fourth-order valence-electron chi connectivity index (χ4n) is 2.08. The van der Waals surface area contributed by atoms with E-state index in [1.165, 1.54) is 0 Å². The summed E-state index contributed by atoms with van der Waals surface area (Å²) in [5.74, 6) is 1.68. The third kappa shape index (κ3) is 1.77. The Hall–Kier alpha value is -2.32. The maximum atomic E-state index is 8.96. The van der Waals surface area contributed by atoms with Crippen LogP contribution in [0.1, 0.15) is 5.56 Å². The molecule has 2 aromatic heterocycles. The third-order valence-electron chi connectivity index (χ3n) is 3.06. The first-order chi connectivity index (χ1) is 9.24. The van der Waals surface area contributed by atoms with E-state index in [1.54, 1.807) is 24.5 Å². The number of fused-ring (bicyclic) bond motifs is 1. The minimum absolute atomic E-state index is 0.639. The Labute approximate surface area is 114 Å². The molecule has 0 fully saturated rings. The minimum atomic E-state index is 0.639. The average molecular weight is 269 g/mol. The summed E-state index contributed by atoms with van der Waals surface area (Å²) in [7, 11) is 3.60. The van der Waals surface area contributed by atoms with E-state index in [9.17, 15) is 0 Å². The van der Waals surface area contributed by atoms with Crippen LogP contribution in [0.25, 0.3) is 21.7 Å². The number of aryl methyl sites for hydroxylation is 1. The normalized spacial score (nSPS) is 10.6. The van der Waals surface area contributed by atoms with E-state index in [0.717, 1.165) is 27.5 Å². The van der Waals surface area contributed by atoms with Crippen LogP contribution in [0.5, 0.6) is 5.75 Å². The van der Waals surface area contributed by atoms with Crippen LogP contribution in [0.3, 0.4) is 0 Å². The summed E-state index contributed by atoms with van der Waals surface area (Å²) in [5.41, 5.74) is 2.47. The van der Waals surface area contributed by atoms with E-state index in [2.05, 4.69) is 11.1 Å². The van der Waals surface area contributed by atoms with Crippen molar-refractivity contribution in [3.05, 3.63) is 35.2 Å². The van der Waals surface area contributed by atoms with Crippen molar-refractivity contribution in [2.75, 3.05) is 7.11 Å². The molecule has 5 heteroatoms. The third-order valence-corrected chi connectivity index (χ3v) is 3.95. The topological polar surface area (TPSA) is 50.8 Å². The van der Waals surface area contributed by atoms with E-state index < -0.39 is 0 Å². The number of ether oxygens (including phenoxy) is 1. The summed E-state index contributed by atoms with van der Waals surface area (Å²) in [5, 5.41) is 10.9. The van der Waals surface area contributed by atoms with Crippen molar-refractivity contribution in [2.24, 2.45) is 7.05 Å². The van der Waals surface area contributed by atoms with Crippen molar-refractivity contribution in [1.29, 1.82) is 5.26 Å². The van der Waals surface area contributed by atoms with Gasteiger partial charge in [0.15, 0.2) is 5.82 Å². The highest BCUT2D eigenvalue weighted by molar-refractivity contribution is 7.13. The summed E-state index contributed by atoms with van der Waals surface area (Å²) in [4.78, 5) is 5.62. The summed E-state index contributed by atoms with van der Waals surface area (Å²) in [6, 6.07) is 9.59. The first-order valence-electron chi connectivity index (χ1n) is 5.73. The molecule has 0 aliphatic heterocycles. The van der Waals surface area contributed by atoms with E-state index in [0.29, 0.717) is 5.56 Å². The number of methoxy groups -OCH3 is 1. The van der Waals surface area contributed by atoms with Gasteiger partial charge in [-0.2, -0.15) is 5.26 Å². The number of benzene rings is 1. The molecular weight excluding hydrogens is 258 g/mol. The SMILES string of the molecule is COc1ccsc1-c1nc2ccc(C#N)cc2n1C. The number of nitrogens with zero attached hydrogens (tertiary/aromatic N) is 3. The molecule has 0 spiro atoms. The summed E-state index contributed by atoms with van der Waals surface area (Å²) >= 11 is 1.59. The van der Waals surface area contributed by atoms with Gasteiger partial charge in [0, 0.05) is 7.05 Å². The van der Waals surface area contributed by atoms with Crippen LogP contribution < -0.4 is 4.74 Å². The highest BCUT2D eigenvalue weighted by atomic mass is 32.1. The summed E-state index contributed by atoms with van der Waals surface area (Å²) in [6.07, 6.45) is 0. The van der Waals surface area contributed by atoms with Gasteiger partial charge >= 0.3 is 0 Å². The van der Waals surface area contributed by atoms with Gasteiger partial charge in [0.1, 0.15) is 10.6 Å². The highest BCUT2D eigenvalue weighted by Crippen LogP contribution is 2.35. The standard InChI is InChI=1S/C14H11N3OS/c1-17-11-7-9(8-15)3-4-10(11)16-14(17)13-12(18-2)5-6-19-13/h3-7H,1-2H3. The quantitative estimate of drug-likeness (QED) is 0.718. The Morgan fingerprint density at radius 1 is 1.37 bits per heavy atom. The van der Waals surface area contributed by atoms with Crippen LogP contribution >= 0.6 is 11.3 Å². The Kier molecular flexibility index (Phi) is 2.73. The molecule has 0 aliphatic rings. The van der Waals surface area contributed by atoms with Gasteiger partial charge < -0.3 is 9.30 Å². The molecule has 3 aromatic rings. The monoisotopic (exact) mass is 269 g/mol. The molecule has 0 radical (unpaired) electrons. The molecule has 0 saturated carbocycles. The van der Waals surface area contributed by atoms with Crippen molar-refractivity contribution < 1.29 is 4.74 Å². The lowest BCUT2D eigenvalue weighted by atomic mass is 10.2. The zero-order chi connectivity index (χ0) is 13.4. The number of nitriles is 1. The molecule has 3 rings (SSSR count). The molecule has 0 atom stereocenters. The van der Waals surface area contributed by atoms with Gasteiger partial charge in [-0.3, -0.25) is 0 Å². The lowest BCUT2D eigenvalue weighted by molar-refractivity contribution is 0.418. The fourth-order valence-corrected chi connectivity index (χ4v) is 2.97. The van der Waals surface area contributed by atoms with Crippen LogP contribution in [0.15, 0.2) is 29.6 Å². The zero-order valence-corrected chi connectivity index (χ0v) is 11.4. The second-order valence-corrected chi connectivity index (χ2v) is 5.04. The molecule has 0 N–H and O–H groups in total. The molecule has 1 aromatic carbocycles. The van der Waals surface area contributed by atoms with Crippen LogP contribution in [0.2, 0.25) is 0 Å². The van der Waals surface area contributed by atoms with Crippen molar-refractivity contribution in [2.45, 2.75) is 0 Å². The predicted molar refractivity (Wildman–Crippen MR) is 75.3 cm³/mol. The fraction of sp³-hybridized carbons (Fsp3) is 0.143. The number of hydrogen-bond acceptors (Lipinski definition) is 4. The molecule has 4 nitrogen and oxygen atoms in total. The smallest absolute Gasteiger partial charge is 0.154 e. The molecule has 0 amide bonds. The zero-order valence-electron chi connectivity index (χ0n) is 10.5. The van der Waals surface area contributed by atoms with Crippen LogP contribution in [-0.2, 0) is 7.05 Å². The number of thiophene rings is 1. The number of imidazole rings is 1. The number of rotatable bonds is 2. The van der Waals surface area contributed by atoms with E-state index in [1.807, 2.05) is 35.2 Å². The Bertz CT molecular complexity index is 795. The first kappa shape index (κ1) is 11.8. The van der Waals surface area contributed by atoms with Crippen molar-refractivity contribution in [3.8, 4) is 22.5 Å². The Balaban J connectivity index is 2.26. The van der Waals surface area contributed by atoms with Gasteiger partial charge in [0.25, 0.3) is 0 Å². The van der Waals surface area contributed by atoms with Gasteiger partial charge in [0.05, 0.1) is 29.8 Å². The van der Waals surface area contributed by atoms with Gasteiger partial charge in [0.2, 0.25) is 0 Å². The van der Waals surface area contributed by atoms with Gasteiger partial charge in [-0.25, -0.2) is 4.98 Å². The van der Waals surface area contributed by atoms with E-state index in [4.69, 9.17) is 10.00 Å². The van der Waals surface area contributed by atoms with Crippen LogP contribution in [0.4, 0.5) is 0 Å². The van der Waals surface area contributed by atoms with Crippen molar-refractivity contribution in [3.63, 3.8) is 0 Å².